The number of primary amides is 2. The topological polar surface area (TPSA) is 640 Å². The Kier molecular flexibility index (Phi) is 31.3. The third kappa shape index (κ3) is 27.0. The molecule has 0 radical (unpaired) electrons. The third-order valence-electron chi connectivity index (χ3n) is 12.0. The van der Waals surface area contributed by atoms with Gasteiger partial charge in [0.2, 0.25) is 76.8 Å². The first-order valence-electron chi connectivity index (χ1n) is 25.8. The largest absolute Gasteiger partial charge is 0.481 e. The number of likely N-dealkylation sites (tertiary alicyclic amines) is 1. The molecule has 1 aliphatic rings. The second kappa shape index (κ2) is 36.2. The Bertz CT molecular complexity index is 2480. The summed E-state index contributed by atoms with van der Waals surface area (Å²) in [5, 5.41) is 69.7. The van der Waals surface area contributed by atoms with Gasteiger partial charge in [-0.2, -0.15) is 0 Å². The van der Waals surface area contributed by atoms with Gasteiger partial charge in [0.25, 0.3) is 0 Å². The number of guanidine groups is 1. The summed E-state index contributed by atoms with van der Waals surface area (Å²) in [5.41, 5.74) is 26.9. The lowest BCUT2D eigenvalue weighted by Crippen LogP contribution is -2.61. The molecule has 11 atom stereocenters. The second-order valence-corrected chi connectivity index (χ2v) is 19.0. The maximum atomic E-state index is 13.6. The molecule has 1 fully saturated rings. The molecule has 0 saturated carbocycles. The Hall–Kier alpha value is -9.33. The van der Waals surface area contributed by atoms with Crippen molar-refractivity contribution in [3.05, 3.63) is 0 Å². The number of hydrogen-bond donors (Lipinski definition) is 20. The predicted octanol–water partition coefficient (Wildman–Crippen LogP) is -11.6. The maximum Gasteiger partial charge on any atom is 0.326 e. The summed E-state index contributed by atoms with van der Waals surface area (Å²) in [6, 6.07) is -16.3. The van der Waals surface area contributed by atoms with E-state index in [9.17, 15) is 97.1 Å². The number of carboxylic acid groups (broad SMARTS) is 3. The molecule has 0 bridgehead atoms. The van der Waals surface area contributed by atoms with Crippen LogP contribution in [0.25, 0.3) is 0 Å². The molecule has 470 valence electrons. The molecule has 25 N–H and O–H groups in total. The normalized spacial score (nSPS) is 16.2. The number of rotatable bonds is 38. The van der Waals surface area contributed by atoms with Gasteiger partial charge < -0.3 is 112 Å². The number of aliphatic hydroxyl groups is 2. The number of aliphatic imine (C=N–C) groups is 1. The number of aliphatic carboxylic acids is 3. The fourth-order valence-electron chi connectivity index (χ4n) is 7.57. The molecule has 38 nitrogen and oxygen atoms in total. The highest BCUT2D eigenvalue weighted by molar-refractivity contribution is 6.00. The molecular formula is C46H75N17O21. The molecule has 0 aromatic carbocycles. The zero-order valence-electron chi connectivity index (χ0n) is 46.0. The van der Waals surface area contributed by atoms with Gasteiger partial charge in [-0.15, -0.1) is 0 Å². The van der Waals surface area contributed by atoms with Crippen LogP contribution in [0, 0.1) is 0 Å². The van der Waals surface area contributed by atoms with E-state index in [1.165, 1.54) is 0 Å². The molecule has 84 heavy (non-hydrogen) atoms. The van der Waals surface area contributed by atoms with Crippen molar-refractivity contribution in [2.24, 2.45) is 33.7 Å². The minimum atomic E-state index is -2.09. The summed E-state index contributed by atoms with van der Waals surface area (Å²) in [6.45, 7) is 0.284. The SMILES string of the molecule is C[C@H](NC(=O)[C@H](CCCN=C(N)N)NC(=O)CNC(=O)[C@H](CC(N)=O)NC(=O)[C@@H]1CCCN1C(=O)[C@@H](N)CCC(=O)O)C(=O)N[C@@H](CO)C(=O)N[C@@H](CC(=O)O)C(=O)N[C@H](C(=O)N[C@@H](C)C(=O)NCC(=O)N[C@@H](CCC(N)=O)C(=O)O)[C@@H](C)O. The molecule has 38 heteroatoms. The average Bonchev–Trinajstić information content (AvgIpc) is 4.00. The highest BCUT2D eigenvalue weighted by Gasteiger charge is 2.39. The van der Waals surface area contributed by atoms with Crippen LogP contribution in [-0.2, 0) is 76.7 Å². The van der Waals surface area contributed by atoms with E-state index >= 15 is 0 Å². The van der Waals surface area contributed by atoms with Crippen LogP contribution in [0.3, 0.4) is 0 Å². The van der Waals surface area contributed by atoms with Crippen LogP contribution in [-0.4, -0.2) is 230 Å². The molecule has 13 amide bonds. The Morgan fingerprint density at radius 1 is 0.560 bits per heavy atom. The fourth-order valence-corrected chi connectivity index (χ4v) is 7.57. The molecular weight excluding hydrogens is 1130 g/mol. The molecule has 0 aromatic rings. The quantitative estimate of drug-likeness (QED) is 0.0155. The zero-order valence-corrected chi connectivity index (χ0v) is 46.0. The number of nitrogens with two attached hydrogens (primary N) is 5. The van der Waals surface area contributed by atoms with Crippen LogP contribution in [0.1, 0.15) is 85.0 Å². The lowest BCUT2D eigenvalue weighted by atomic mass is 10.1. The van der Waals surface area contributed by atoms with E-state index in [0.717, 1.165) is 25.7 Å². The van der Waals surface area contributed by atoms with Crippen molar-refractivity contribution in [3.8, 4) is 0 Å². The number of nitrogens with one attached hydrogen (secondary N) is 10. The Labute approximate surface area is 478 Å². The van der Waals surface area contributed by atoms with E-state index in [0.29, 0.717) is 6.42 Å². The van der Waals surface area contributed by atoms with Gasteiger partial charge in [-0.1, -0.05) is 0 Å². The van der Waals surface area contributed by atoms with E-state index in [1.807, 2.05) is 10.6 Å². The first kappa shape index (κ1) is 72.7. The second-order valence-electron chi connectivity index (χ2n) is 19.0. The van der Waals surface area contributed by atoms with Gasteiger partial charge in [0, 0.05) is 25.9 Å². The van der Waals surface area contributed by atoms with Gasteiger partial charge in [-0.3, -0.25) is 76.9 Å². The van der Waals surface area contributed by atoms with Gasteiger partial charge in [0.15, 0.2) is 5.96 Å². The molecule has 1 heterocycles. The summed E-state index contributed by atoms with van der Waals surface area (Å²) < 4.78 is 0. The Morgan fingerprint density at radius 2 is 1.10 bits per heavy atom. The van der Waals surface area contributed by atoms with Gasteiger partial charge >= 0.3 is 17.9 Å². The minimum absolute atomic E-state index is 0.0156. The van der Waals surface area contributed by atoms with E-state index in [1.54, 1.807) is 0 Å². The van der Waals surface area contributed by atoms with Crippen LogP contribution in [0.15, 0.2) is 4.99 Å². The third-order valence-corrected chi connectivity index (χ3v) is 12.0. The van der Waals surface area contributed by atoms with E-state index in [-0.39, 0.29) is 57.6 Å². The summed E-state index contributed by atoms with van der Waals surface area (Å²) in [6.07, 6.45) is -4.90. The van der Waals surface area contributed by atoms with Crippen molar-refractivity contribution in [1.29, 1.82) is 0 Å². The van der Waals surface area contributed by atoms with Crippen molar-refractivity contribution in [2.45, 2.75) is 152 Å². The van der Waals surface area contributed by atoms with Gasteiger partial charge in [-0.05, 0) is 59.3 Å². The Balaban J connectivity index is 3.08. The molecule has 0 spiro atoms. The van der Waals surface area contributed by atoms with E-state index in [4.69, 9.17) is 33.8 Å². The number of amides is 13. The minimum Gasteiger partial charge on any atom is -0.481 e. The van der Waals surface area contributed by atoms with Crippen LogP contribution in [0.5, 0.6) is 0 Å². The number of carbonyl (C=O) groups excluding carboxylic acids is 13. The molecule has 0 unspecified atom stereocenters. The molecule has 1 aliphatic heterocycles. The Morgan fingerprint density at radius 3 is 1.63 bits per heavy atom. The monoisotopic (exact) mass is 1200 g/mol. The standard InChI is InChI=1S/C46H75N17O21/c1-19(36(74)53-16-32(69)58-24(45(83)84)9-10-29(48)66)56-43(81)35(21(3)65)62-40(78)26(15-34(72)73)59-41(79)27(18-64)61-37(75)20(2)55-39(77)23(6-4-12-52-46(50)51)57-31(68)17-54-38(76)25(14-30(49)67)60-42(80)28-7-5-13-63(28)44(82)22(47)8-11-33(70)71/h19-28,35,64-65H,4-18,47H2,1-3H3,(H2,48,66)(H2,49,67)(H,53,74)(H,54,76)(H,55,77)(H,56,81)(H,57,68)(H,58,69)(H,59,79)(H,60,80)(H,61,75)(H,62,78)(H,70,71)(H,72,73)(H,83,84)(H4,50,51,52)/t19-,20-,21+,22-,23-,24-,25-,26-,27-,28-,35-/m0/s1. The van der Waals surface area contributed by atoms with Gasteiger partial charge in [0.05, 0.1) is 44.7 Å². The number of aliphatic hydroxyl groups excluding tert-OH is 2. The lowest BCUT2D eigenvalue weighted by molar-refractivity contribution is -0.142. The number of carboxylic acids is 3. The highest BCUT2D eigenvalue weighted by Crippen LogP contribution is 2.20. The molecule has 1 rings (SSSR count). The number of hydrogen-bond acceptors (Lipinski definition) is 20. The van der Waals surface area contributed by atoms with Gasteiger partial charge in [-0.25, -0.2) is 4.79 Å². The van der Waals surface area contributed by atoms with Crippen LogP contribution < -0.4 is 81.8 Å². The van der Waals surface area contributed by atoms with Crippen molar-refractivity contribution >= 4 is 101 Å². The summed E-state index contributed by atoms with van der Waals surface area (Å²) in [4.78, 5) is 207. The van der Waals surface area contributed by atoms with Crippen LogP contribution >= 0.6 is 0 Å². The zero-order chi connectivity index (χ0) is 64.1. The summed E-state index contributed by atoms with van der Waals surface area (Å²) >= 11 is 0. The van der Waals surface area contributed by atoms with Crippen LogP contribution in [0.4, 0.5) is 0 Å². The first-order chi connectivity index (χ1) is 39.2. The summed E-state index contributed by atoms with van der Waals surface area (Å²) in [7, 11) is 0. The lowest BCUT2D eigenvalue weighted by Gasteiger charge is -2.28. The smallest absolute Gasteiger partial charge is 0.326 e. The van der Waals surface area contributed by atoms with E-state index < -0.39 is 200 Å². The van der Waals surface area contributed by atoms with E-state index in [2.05, 4.69) is 47.5 Å². The molecule has 0 aromatic heterocycles. The first-order valence-corrected chi connectivity index (χ1v) is 25.8. The van der Waals surface area contributed by atoms with Crippen molar-refractivity contribution < 1.29 is 102 Å². The fraction of sp³-hybridized carbons (Fsp3) is 0.630. The van der Waals surface area contributed by atoms with Crippen molar-refractivity contribution in [2.75, 3.05) is 32.8 Å². The number of nitrogens with zero attached hydrogens (tertiary/aromatic N) is 2. The predicted molar refractivity (Wildman–Crippen MR) is 283 cm³/mol. The van der Waals surface area contributed by atoms with Crippen molar-refractivity contribution in [1.82, 2.24) is 58.1 Å². The molecule has 1 saturated heterocycles. The van der Waals surface area contributed by atoms with Crippen molar-refractivity contribution in [3.63, 3.8) is 0 Å². The molecule has 0 aliphatic carbocycles. The van der Waals surface area contributed by atoms with Gasteiger partial charge in [0.1, 0.15) is 54.4 Å². The van der Waals surface area contributed by atoms with Crippen LogP contribution in [0.2, 0.25) is 0 Å². The summed E-state index contributed by atoms with van der Waals surface area (Å²) in [5.74, 6) is -18.7. The number of carbonyl (C=O) groups is 16. The maximum absolute atomic E-state index is 13.6. The highest BCUT2D eigenvalue weighted by atomic mass is 16.4. The average molecular weight is 1200 g/mol.